The summed E-state index contributed by atoms with van der Waals surface area (Å²) in [6, 6.07) is 30.3. The molecule has 1 unspecified atom stereocenters. The number of carbonyl (C=O) groups excluding carboxylic acids is 1. The number of carbonyl (C=O) groups is 1. The van der Waals surface area contributed by atoms with Gasteiger partial charge in [0.05, 0.1) is 30.1 Å². The van der Waals surface area contributed by atoms with Gasteiger partial charge in [-0.05, 0) is 103 Å². The van der Waals surface area contributed by atoms with E-state index < -0.39 is 18.2 Å². The van der Waals surface area contributed by atoms with Crippen LogP contribution in [0.4, 0.5) is 4.79 Å². The zero-order valence-corrected chi connectivity index (χ0v) is 35.6. The van der Waals surface area contributed by atoms with Crippen molar-refractivity contribution in [1.82, 2.24) is 5.32 Å². The van der Waals surface area contributed by atoms with Gasteiger partial charge in [0.15, 0.2) is 0 Å². The number of oxime groups is 1. The van der Waals surface area contributed by atoms with Crippen molar-refractivity contribution < 1.29 is 38.8 Å². The summed E-state index contributed by atoms with van der Waals surface area (Å²) in [5.41, 5.74) is 3.79. The summed E-state index contributed by atoms with van der Waals surface area (Å²) in [4.78, 5) is 20.6. The molecular weight excluding hydrogens is 789 g/mol. The second-order valence-corrected chi connectivity index (χ2v) is 17.8. The van der Waals surface area contributed by atoms with Crippen LogP contribution in [0.25, 0.3) is 10.8 Å². The van der Waals surface area contributed by atoms with Gasteiger partial charge in [-0.25, -0.2) is 4.79 Å². The van der Waals surface area contributed by atoms with Gasteiger partial charge < -0.3 is 39.3 Å². The van der Waals surface area contributed by atoms with Crippen molar-refractivity contribution in [3.63, 3.8) is 0 Å². The Labute approximate surface area is 363 Å². The van der Waals surface area contributed by atoms with Gasteiger partial charge >= 0.3 is 6.09 Å². The first-order valence-electron chi connectivity index (χ1n) is 22.0. The fourth-order valence-electron chi connectivity index (χ4n) is 9.72. The van der Waals surface area contributed by atoms with E-state index in [1.807, 2.05) is 42.5 Å². The van der Waals surface area contributed by atoms with E-state index in [0.29, 0.717) is 43.9 Å². The lowest BCUT2D eigenvalue weighted by atomic mass is 9.56. The normalized spacial score (nSPS) is 26.1. The monoisotopic (exact) mass is 846 g/mol. The van der Waals surface area contributed by atoms with Crippen molar-refractivity contribution in [2.45, 2.75) is 98.9 Å². The van der Waals surface area contributed by atoms with Crippen LogP contribution in [0.3, 0.4) is 0 Å². The quantitative estimate of drug-likeness (QED) is 0.0509. The van der Waals surface area contributed by atoms with E-state index in [2.05, 4.69) is 60.4 Å². The summed E-state index contributed by atoms with van der Waals surface area (Å²) in [5, 5.41) is 29.8. The first-order valence-corrected chi connectivity index (χ1v) is 22.9. The van der Waals surface area contributed by atoms with Crippen molar-refractivity contribution in [2.75, 3.05) is 26.4 Å². The average molecular weight is 847 g/mol. The lowest BCUT2D eigenvalue weighted by Gasteiger charge is -2.58. The molecule has 0 bridgehead atoms. The highest BCUT2D eigenvalue weighted by atomic mass is 32.2. The van der Waals surface area contributed by atoms with Gasteiger partial charge in [-0.15, -0.1) is 18.3 Å². The molecule has 4 aromatic carbocycles. The number of unbranched alkanes of at least 4 members (excludes halogenated alkanes) is 2. The maximum absolute atomic E-state index is 13.3. The number of fused-ring (bicyclic) bond motifs is 3. The molecule has 3 N–H and O–H groups in total. The molecular formula is C50H58N2O8S. The smallest absolute Gasteiger partial charge is 0.412 e. The third kappa shape index (κ3) is 9.87. The minimum Gasteiger partial charge on any atom is -0.460 e. The zero-order chi connectivity index (χ0) is 42.0. The number of rotatable bonds is 18. The molecule has 11 heteroatoms. The molecule has 0 spiro atoms. The van der Waals surface area contributed by atoms with Crippen molar-refractivity contribution in [1.29, 1.82) is 0 Å². The molecule has 1 saturated carbocycles. The van der Waals surface area contributed by atoms with Crippen LogP contribution < -0.4 is 14.8 Å². The lowest BCUT2D eigenvalue weighted by Crippen LogP contribution is -2.64. The van der Waals surface area contributed by atoms with Crippen molar-refractivity contribution in [2.24, 2.45) is 22.9 Å². The number of benzene rings is 4. The van der Waals surface area contributed by atoms with Gasteiger partial charge in [0, 0.05) is 49.0 Å². The second-order valence-electron chi connectivity index (χ2n) is 16.5. The third-order valence-corrected chi connectivity index (χ3v) is 13.8. The van der Waals surface area contributed by atoms with Crippen LogP contribution >= 0.6 is 11.8 Å². The predicted molar refractivity (Wildman–Crippen MR) is 239 cm³/mol. The number of nitrogens with zero attached hydrogens (tertiary/aromatic N) is 1. The predicted octanol–water partition coefficient (Wildman–Crippen LogP) is 10.1. The number of hydrogen-bond donors (Lipinski definition) is 3. The summed E-state index contributed by atoms with van der Waals surface area (Å²) < 4.78 is 26.5. The van der Waals surface area contributed by atoms with Crippen LogP contribution in [0, 0.1) is 17.8 Å². The van der Waals surface area contributed by atoms with E-state index in [9.17, 15) is 15.0 Å². The molecule has 7 atom stereocenters. The first kappa shape index (κ1) is 43.0. The van der Waals surface area contributed by atoms with Gasteiger partial charge in [0.25, 0.3) is 0 Å². The van der Waals surface area contributed by atoms with Gasteiger partial charge in [0.1, 0.15) is 11.5 Å². The van der Waals surface area contributed by atoms with Crippen molar-refractivity contribution in [3.05, 3.63) is 126 Å². The Kier molecular flexibility index (Phi) is 14.4. The van der Waals surface area contributed by atoms with Crippen molar-refractivity contribution >= 4 is 34.3 Å². The van der Waals surface area contributed by atoms with Crippen molar-refractivity contribution in [3.8, 4) is 11.5 Å². The molecule has 1 amide bonds. The molecule has 4 aliphatic rings. The topological polar surface area (TPSA) is 128 Å². The summed E-state index contributed by atoms with van der Waals surface area (Å²) in [7, 11) is 0. The number of hydrogen-bond acceptors (Lipinski definition) is 10. The number of amides is 1. The first-order chi connectivity index (χ1) is 30.0. The number of thioether (sulfide) groups is 1. The minimum absolute atomic E-state index is 0.101. The molecule has 2 aliphatic heterocycles. The molecule has 10 nitrogen and oxygen atoms in total. The number of allylic oxidation sites excluding steroid dienone is 1. The summed E-state index contributed by atoms with van der Waals surface area (Å²) in [6.07, 6.45) is 11.3. The highest BCUT2D eigenvalue weighted by Gasteiger charge is 2.64. The average Bonchev–Trinajstić information content (AvgIpc) is 3.29. The molecule has 61 heavy (non-hydrogen) atoms. The molecule has 0 radical (unpaired) electrons. The molecule has 4 aromatic rings. The van der Waals surface area contributed by atoms with Crippen LogP contribution in [0.15, 0.2) is 125 Å². The van der Waals surface area contributed by atoms with Gasteiger partial charge in [-0.2, -0.15) is 0 Å². The Hall–Kier alpha value is -4.65. The van der Waals surface area contributed by atoms with Gasteiger partial charge in [-0.3, -0.25) is 0 Å². The van der Waals surface area contributed by atoms with Crippen LogP contribution in [0.2, 0.25) is 0 Å². The molecule has 0 aromatic heterocycles. The molecule has 322 valence electrons. The Morgan fingerprint density at radius 1 is 0.934 bits per heavy atom. The molecule has 2 aliphatic carbocycles. The minimum atomic E-state index is -1.16. The second kappa shape index (κ2) is 20.5. The molecule has 1 saturated heterocycles. The fourth-order valence-corrected chi connectivity index (χ4v) is 11.1. The highest BCUT2D eigenvalue weighted by Crippen LogP contribution is 2.63. The summed E-state index contributed by atoms with van der Waals surface area (Å²) >= 11 is 1.73. The molecule has 8 rings (SSSR count). The molecule has 2 heterocycles. The van der Waals surface area contributed by atoms with E-state index in [0.717, 1.165) is 77.6 Å². The maximum Gasteiger partial charge on any atom is 0.412 e. The van der Waals surface area contributed by atoms with E-state index in [1.54, 1.807) is 23.9 Å². The fraction of sp³-hybridized carbons (Fsp3) is 0.440. The Morgan fingerprint density at radius 2 is 1.74 bits per heavy atom. The largest absolute Gasteiger partial charge is 0.460 e. The third-order valence-electron chi connectivity index (χ3n) is 12.5. The number of ether oxygens (including phenoxy) is 4. The van der Waals surface area contributed by atoms with Crippen LogP contribution in [0.1, 0.15) is 81.3 Å². The van der Waals surface area contributed by atoms with Gasteiger partial charge in [-0.1, -0.05) is 90.8 Å². The van der Waals surface area contributed by atoms with E-state index in [-0.39, 0.29) is 48.7 Å². The summed E-state index contributed by atoms with van der Waals surface area (Å²) in [5.74, 6) is -0.335. The Morgan fingerprint density at radius 3 is 2.52 bits per heavy atom. The lowest BCUT2D eigenvalue weighted by molar-refractivity contribution is -0.223. The number of aliphatic hydroxyl groups excluding tert-OH is 2. The number of aliphatic hydroxyl groups is 2. The van der Waals surface area contributed by atoms with E-state index >= 15 is 0 Å². The standard InChI is InChI=1S/C50H58N2O8S/c1-2-27-57-50-45(61-39-23-21-35-16-6-7-17-36(35)29-39)32-43(52-60-46-20-10-13-28-56-46)41-30-37(18-8-11-25-53)40(19-9-12-26-54)47(48(41)50)42-31-38(22-24-44(42)59-50)58-49(55)51-33-34-14-4-3-5-15-34/h2-7,14-17,21-24,29-31,37,40,45-48,53-54H,1,8-13,18-20,25-28,32-33H2,(H,51,55)/t37-,40+,45-,46?,47+,48+,50+/m0/s1. The van der Waals surface area contributed by atoms with Crippen LogP contribution in [-0.2, 0) is 20.9 Å². The van der Waals surface area contributed by atoms with E-state index in [4.69, 9.17) is 28.9 Å². The Balaban J connectivity index is 1.25. The van der Waals surface area contributed by atoms with E-state index in [1.165, 1.54) is 5.39 Å². The summed E-state index contributed by atoms with van der Waals surface area (Å²) in [6.45, 7) is 5.55. The highest BCUT2D eigenvalue weighted by molar-refractivity contribution is 8.00. The SMILES string of the molecule is C=CCO[C@@]12Oc3ccc(OC(=O)NCc4ccccc4)cc3[C@H]3[C@H](CCCCO)[C@@H](CCCCO)C=C(C(=NOC4CCCCO4)C[C@@H]1Sc1ccc4ccccc4c1)[C@H]32. The van der Waals surface area contributed by atoms with Crippen LogP contribution in [0.5, 0.6) is 11.5 Å². The number of nitrogens with one attached hydrogen (secondary N) is 1. The maximum atomic E-state index is 13.3. The molecule has 2 fully saturated rings. The van der Waals surface area contributed by atoms with Crippen LogP contribution in [-0.4, -0.2) is 65.8 Å². The zero-order valence-electron chi connectivity index (χ0n) is 34.8. The Bertz CT molecular complexity index is 2170. The van der Waals surface area contributed by atoms with Gasteiger partial charge in [0.2, 0.25) is 12.1 Å².